The van der Waals surface area contributed by atoms with Crippen LogP contribution < -0.4 is 0 Å². The molecule has 0 N–H and O–H groups in total. The van der Waals surface area contributed by atoms with Crippen LogP contribution in [0.15, 0.2) is 64.5 Å². The Balaban J connectivity index is 2.00. The van der Waals surface area contributed by atoms with Crippen molar-refractivity contribution in [3.05, 3.63) is 54.6 Å². The van der Waals surface area contributed by atoms with Crippen molar-refractivity contribution in [2.24, 2.45) is 0 Å². The minimum atomic E-state index is -3.55. The molecule has 0 amide bonds. The van der Waals surface area contributed by atoms with E-state index in [1.54, 1.807) is 24.3 Å². The number of fused-ring (bicyclic) bond motifs is 3. The highest BCUT2D eigenvalue weighted by Crippen LogP contribution is 2.40. The van der Waals surface area contributed by atoms with Gasteiger partial charge in [0.1, 0.15) is 5.69 Å². The van der Waals surface area contributed by atoms with Crippen LogP contribution >= 0.6 is 0 Å². The first-order chi connectivity index (χ1) is 9.68. The van der Waals surface area contributed by atoms with E-state index in [0.717, 1.165) is 5.69 Å². The van der Waals surface area contributed by atoms with E-state index in [0.29, 0.717) is 11.3 Å². The van der Waals surface area contributed by atoms with Crippen molar-refractivity contribution in [3.8, 4) is 16.9 Å². The van der Waals surface area contributed by atoms with Gasteiger partial charge in [0.05, 0.1) is 10.6 Å². The van der Waals surface area contributed by atoms with Gasteiger partial charge in [-0.25, -0.2) is 8.42 Å². The maximum Gasteiger partial charge on any atom is 0.228 e. The molecule has 0 radical (unpaired) electrons. The van der Waals surface area contributed by atoms with Crippen molar-refractivity contribution in [2.45, 2.75) is 9.92 Å². The Morgan fingerprint density at radius 2 is 1.55 bits per heavy atom. The van der Waals surface area contributed by atoms with Crippen molar-refractivity contribution >= 4 is 9.84 Å². The number of aromatic nitrogens is 3. The quantitative estimate of drug-likeness (QED) is 0.536. The molecule has 2 heterocycles. The molecule has 1 aliphatic heterocycles. The first-order valence-corrected chi connectivity index (χ1v) is 7.53. The first kappa shape index (κ1) is 11.4. The molecule has 0 saturated heterocycles. The van der Waals surface area contributed by atoms with Crippen molar-refractivity contribution in [1.29, 1.82) is 0 Å². The van der Waals surface area contributed by atoms with Crippen LogP contribution in [0, 0.1) is 0 Å². The lowest BCUT2D eigenvalue weighted by Gasteiger charge is -2.00. The van der Waals surface area contributed by atoms with Crippen LogP contribution in [0.3, 0.4) is 0 Å². The molecule has 98 valence electrons. The highest BCUT2D eigenvalue weighted by atomic mass is 32.2. The monoisotopic (exact) mass is 283 g/mol. The second-order valence-corrected chi connectivity index (χ2v) is 6.31. The summed E-state index contributed by atoms with van der Waals surface area (Å²) in [5.41, 5.74) is 1.77. The van der Waals surface area contributed by atoms with Gasteiger partial charge in [0, 0.05) is 5.56 Å². The summed E-state index contributed by atoms with van der Waals surface area (Å²) in [4.78, 5) is 1.64. The number of para-hydroxylation sites is 1. The molecule has 5 nitrogen and oxygen atoms in total. The Morgan fingerprint density at radius 1 is 0.850 bits per heavy atom. The Hall–Kier alpha value is -2.47. The van der Waals surface area contributed by atoms with E-state index in [9.17, 15) is 8.42 Å². The number of nitrogens with zero attached hydrogens (tertiary/aromatic N) is 3. The number of hydrogen-bond donors (Lipinski definition) is 0. The summed E-state index contributed by atoms with van der Waals surface area (Å²) in [7, 11) is -3.55. The molecule has 1 aliphatic rings. The molecule has 0 saturated carbocycles. The third-order valence-electron chi connectivity index (χ3n) is 3.26. The molecule has 0 atom stereocenters. The van der Waals surface area contributed by atoms with Gasteiger partial charge >= 0.3 is 0 Å². The standard InChI is InChI=1S/C14H9N3O2S/c18-20(19)12-9-5-4-8-11(12)13-14(20)16-17(15-13)10-6-2-1-3-7-10/h1-9H. The maximum absolute atomic E-state index is 12.4. The predicted molar refractivity (Wildman–Crippen MR) is 72.2 cm³/mol. The lowest BCUT2D eigenvalue weighted by atomic mass is 10.2. The summed E-state index contributed by atoms with van der Waals surface area (Å²) in [5, 5.41) is 8.50. The van der Waals surface area contributed by atoms with Gasteiger partial charge < -0.3 is 0 Å². The van der Waals surface area contributed by atoms with Crippen LogP contribution in [0.5, 0.6) is 0 Å². The van der Waals surface area contributed by atoms with Crippen molar-refractivity contribution in [1.82, 2.24) is 15.0 Å². The minimum absolute atomic E-state index is 0.0301. The van der Waals surface area contributed by atoms with Crippen LogP contribution in [0.25, 0.3) is 16.9 Å². The van der Waals surface area contributed by atoms with Crippen molar-refractivity contribution < 1.29 is 8.42 Å². The Labute approximate surface area is 115 Å². The fourth-order valence-electron chi connectivity index (χ4n) is 2.32. The van der Waals surface area contributed by atoms with E-state index in [1.807, 2.05) is 30.3 Å². The van der Waals surface area contributed by atoms with Gasteiger partial charge in [-0.2, -0.15) is 0 Å². The summed E-state index contributed by atoms with van der Waals surface area (Å²) < 4.78 is 24.8. The fourth-order valence-corrected chi connectivity index (χ4v) is 3.83. The zero-order chi connectivity index (χ0) is 13.7. The predicted octanol–water partition coefficient (Wildman–Crippen LogP) is 2.08. The molecular formula is C14H9N3O2S. The average Bonchev–Trinajstić information content (AvgIpc) is 3.01. The summed E-state index contributed by atoms with van der Waals surface area (Å²) in [6.07, 6.45) is 0. The minimum Gasteiger partial charge on any atom is -0.217 e. The van der Waals surface area contributed by atoms with Crippen LogP contribution in [0.2, 0.25) is 0 Å². The van der Waals surface area contributed by atoms with E-state index < -0.39 is 9.84 Å². The topological polar surface area (TPSA) is 64.8 Å². The van der Waals surface area contributed by atoms with E-state index >= 15 is 0 Å². The largest absolute Gasteiger partial charge is 0.228 e. The third-order valence-corrected chi connectivity index (χ3v) is 4.98. The molecule has 20 heavy (non-hydrogen) atoms. The van der Waals surface area contributed by atoms with Crippen LogP contribution in [0.4, 0.5) is 0 Å². The summed E-state index contributed by atoms with van der Waals surface area (Å²) >= 11 is 0. The normalized spacial score (nSPS) is 14.8. The molecule has 1 aromatic heterocycles. The second kappa shape index (κ2) is 3.77. The number of benzene rings is 2. The number of rotatable bonds is 1. The molecule has 0 fully saturated rings. The molecule has 2 aromatic carbocycles. The summed E-state index contributed by atoms with van der Waals surface area (Å²) in [6.45, 7) is 0. The lowest BCUT2D eigenvalue weighted by Crippen LogP contribution is -2.03. The molecule has 0 bridgehead atoms. The van der Waals surface area contributed by atoms with Gasteiger partial charge in [-0.1, -0.05) is 36.4 Å². The SMILES string of the molecule is O=S1(=O)c2ccccc2-c2nn(-c3ccccc3)nc21. The first-order valence-electron chi connectivity index (χ1n) is 6.05. The molecular weight excluding hydrogens is 274 g/mol. The van der Waals surface area contributed by atoms with Gasteiger partial charge in [-0.05, 0) is 18.2 Å². The average molecular weight is 283 g/mol. The maximum atomic E-state index is 12.4. The molecule has 0 aliphatic carbocycles. The van der Waals surface area contributed by atoms with Crippen LogP contribution in [0.1, 0.15) is 0 Å². The van der Waals surface area contributed by atoms with E-state index in [-0.39, 0.29) is 9.92 Å². The van der Waals surface area contributed by atoms with E-state index in [2.05, 4.69) is 10.2 Å². The molecule has 4 rings (SSSR count). The van der Waals surface area contributed by atoms with Gasteiger partial charge in [0.15, 0.2) is 0 Å². The fraction of sp³-hybridized carbons (Fsp3) is 0. The zero-order valence-corrected chi connectivity index (χ0v) is 11.1. The number of hydrogen-bond acceptors (Lipinski definition) is 4. The van der Waals surface area contributed by atoms with Gasteiger partial charge in [-0.15, -0.1) is 15.0 Å². The highest BCUT2D eigenvalue weighted by molar-refractivity contribution is 7.92. The summed E-state index contributed by atoms with van der Waals surface area (Å²) in [5.74, 6) is 0. The Kier molecular flexibility index (Phi) is 2.14. The molecule has 0 unspecified atom stereocenters. The highest BCUT2D eigenvalue weighted by Gasteiger charge is 2.37. The van der Waals surface area contributed by atoms with Crippen LogP contribution in [-0.2, 0) is 9.84 Å². The van der Waals surface area contributed by atoms with E-state index in [4.69, 9.17) is 0 Å². The lowest BCUT2D eigenvalue weighted by molar-refractivity contribution is 0.592. The van der Waals surface area contributed by atoms with Crippen LogP contribution in [-0.4, -0.2) is 23.4 Å². The molecule has 0 spiro atoms. The third kappa shape index (κ3) is 1.39. The molecule has 3 aromatic rings. The Bertz CT molecular complexity index is 915. The zero-order valence-electron chi connectivity index (χ0n) is 10.3. The smallest absolute Gasteiger partial charge is 0.217 e. The molecule has 6 heteroatoms. The summed E-state index contributed by atoms with van der Waals surface area (Å²) in [6, 6.07) is 16.1. The van der Waals surface area contributed by atoms with E-state index in [1.165, 1.54) is 4.80 Å². The number of sulfone groups is 1. The van der Waals surface area contributed by atoms with Crippen molar-refractivity contribution in [3.63, 3.8) is 0 Å². The van der Waals surface area contributed by atoms with Crippen molar-refractivity contribution in [2.75, 3.05) is 0 Å². The van der Waals surface area contributed by atoms with Gasteiger partial charge in [-0.3, -0.25) is 0 Å². The second-order valence-electron chi connectivity index (χ2n) is 4.48. The Morgan fingerprint density at radius 3 is 2.35 bits per heavy atom. The van der Waals surface area contributed by atoms with Gasteiger partial charge in [0.2, 0.25) is 14.9 Å². The van der Waals surface area contributed by atoms with Gasteiger partial charge in [0.25, 0.3) is 0 Å².